The summed E-state index contributed by atoms with van der Waals surface area (Å²) in [4.78, 5) is 51.0. The van der Waals surface area contributed by atoms with Crippen molar-refractivity contribution in [3.63, 3.8) is 0 Å². The van der Waals surface area contributed by atoms with Crippen molar-refractivity contribution in [3.05, 3.63) is 99.1 Å². The summed E-state index contributed by atoms with van der Waals surface area (Å²) in [6, 6.07) is 18.6. The highest BCUT2D eigenvalue weighted by molar-refractivity contribution is 8.00. The maximum Gasteiger partial charge on any atom is 0.283 e. The Morgan fingerprint density at radius 3 is 2.53 bits per heavy atom. The molecule has 0 radical (unpaired) electrons. The average molecular weight is 547 g/mol. The fourth-order valence-corrected chi connectivity index (χ4v) is 4.93. The number of amides is 3. The van der Waals surface area contributed by atoms with Crippen LogP contribution in [0.25, 0.3) is 6.08 Å². The number of nitrogens with one attached hydrogen (secondary N) is 2. The van der Waals surface area contributed by atoms with Crippen molar-refractivity contribution < 1.29 is 19.3 Å². The van der Waals surface area contributed by atoms with Gasteiger partial charge >= 0.3 is 0 Å². The van der Waals surface area contributed by atoms with Gasteiger partial charge in [-0.05, 0) is 67.5 Å². The fourth-order valence-electron chi connectivity index (χ4n) is 3.85. The number of nitrogens with zero attached hydrogens (tertiary/aromatic N) is 2. The van der Waals surface area contributed by atoms with Gasteiger partial charge in [0.15, 0.2) is 5.11 Å². The van der Waals surface area contributed by atoms with E-state index in [-0.39, 0.29) is 38.5 Å². The highest BCUT2D eigenvalue weighted by Gasteiger charge is 2.35. The van der Waals surface area contributed by atoms with Crippen molar-refractivity contribution in [2.45, 2.75) is 18.7 Å². The molecule has 0 atom stereocenters. The van der Waals surface area contributed by atoms with Crippen LogP contribution in [0.2, 0.25) is 0 Å². The zero-order valence-electron chi connectivity index (χ0n) is 20.4. The maximum absolute atomic E-state index is 13.3. The topological polar surface area (TPSA) is 122 Å². The third kappa shape index (κ3) is 5.96. The summed E-state index contributed by atoms with van der Waals surface area (Å²) >= 11 is 6.27. The zero-order valence-corrected chi connectivity index (χ0v) is 22.0. The van der Waals surface area contributed by atoms with Gasteiger partial charge in [0.05, 0.1) is 21.3 Å². The van der Waals surface area contributed by atoms with Gasteiger partial charge < -0.3 is 5.32 Å². The first-order chi connectivity index (χ1) is 18.1. The lowest BCUT2D eigenvalue weighted by molar-refractivity contribution is -0.387. The summed E-state index contributed by atoms with van der Waals surface area (Å²) in [5, 5.41) is 17.0. The summed E-state index contributed by atoms with van der Waals surface area (Å²) in [6.07, 6.45) is 1.29. The molecule has 1 aliphatic heterocycles. The number of nitro benzene ring substituents is 1. The molecule has 192 valence electrons. The van der Waals surface area contributed by atoms with Crippen molar-refractivity contribution in [3.8, 4) is 0 Å². The molecule has 0 aliphatic carbocycles. The predicted octanol–water partition coefficient (Wildman–Crippen LogP) is 4.77. The number of anilines is 2. The Kier molecular flexibility index (Phi) is 7.99. The quantitative estimate of drug-likeness (QED) is 0.109. The van der Waals surface area contributed by atoms with Crippen molar-refractivity contribution in [2.24, 2.45) is 0 Å². The Balaban J connectivity index is 1.57. The predicted molar refractivity (Wildman–Crippen MR) is 151 cm³/mol. The average Bonchev–Trinajstić information content (AvgIpc) is 2.87. The molecule has 0 spiro atoms. The molecule has 0 unspecified atom stereocenters. The van der Waals surface area contributed by atoms with E-state index in [0.29, 0.717) is 11.4 Å². The van der Waals surface area contributed by atoms with Crippen LogP contribution in [0.5, 0.6) is 0 Å². The highest BCUT2D eigenvalue weighted by Crippen LogP contribution is 2.32. The van der Waals surface area contributed by atoms with Gasteiger partial charge in [-0.2, -0.15) is 0 Å². The first-order valence-corrected chi connectivity index (χ1v) is 12.8. The molecule has 0 aromatic heterocycles. The number of thiocarbonyl (C=S) groups is 1. The molecule has 3 aromatic rings. The van der Waals surface area contributed by atoms with Gasteiger partial charge in [0.2, 0.25) is 5.91 Å². The number of para-hydroxylation sites is 1. The third-order valence-corrected chi connectivity index (χ3v) is 6.95. The lowest BCUT2D eigenvalue weighted by Gasteiger charge is -2.30. The molecule has 1 fully saturated rings. The second-order valence-electron chi connectivity index (χ2n) is 8.43. The van der Waals surface area contributed by atoms with Gasteiger partial charge in [-0.25, -0.2) is 0 Å². The first-order valence-electron chi connectivity index (χ1n) is 11.4. The summed E-state index contributed by atoms with van der Waals surface area (Å²) in [5.41, 5.74) is 2.77. The molecule has 1 heterocycles. The van der Waals surface area contributed by atoms with Crippen LogP contribution in [0.4, 0.5) is 17.1 Å². The second kappa shape index (κ2) is 11.4. The number of nitro groups is 1. The standard InChI is InChI=1S/C27H22N4O5S2/c1-16-8-10-21(17(2)12-16)30-26(34)20(25(33)29-27(30)37)13-18-9-11-23(22(14-18)31(35)36)38-15-24(32)28-19-6-4-3-5-7-19/h3-14H,15H2,1-2H3,(H,28,32)(H,29,33,37)/b20-13+. The first kappa shape index (κ1) is 26.7. The Morgan fingerprint density at radius 2 is 1.84 bits per heavy atom. The minimum Gasteiger partial charge on any atom is -0.325 e. The van der Waals surface area contributed by atoms with Gasteiger partial charge in [0.1, 0.15) is 5.57 Å². The van der Waals surface area contributed by atoms with Crippen molar-refractivity contribution >= 4 is 70.0 Å². The number of rotatable bonds is 7. The van der Waals surface area contributed by atoms with Crippen LogP contribution in [0.3, 0.4) is 0 Å². The maximum atomic E-state index is 13.3. The van der Waals surface area contributed by atoms with Gasteiger partial charge in [0.25, 0.3) is 17.5 Å². The van der Waals surface area contributed by atoms with Crippen LogP contribution in [0.15, 0.2) is 77.2 Å². The normalized spacial score (nSPS) is 14.4. The summed E-state index contributed by atoms with van der Waals surface area (Å²) in [6.45, 7) is 3.75. The van der Waals surface area contributed by atoms with Gasteiger partial charge in [-0.3, -0.25) is 34.7 Å². The van der Waals surface area contributed by atoms with Crippen LogP contribution in [0.1, 0.15) is 16.7 Å². The molecule has 11 heteroatoms. The minimum atomic E-state index is -0.695. The number of aryl methyl sites for hydroxylation is 2. The van der Waals surface area contributed by atoms with Crippen molar-refractivity contribution in [1.29, 1.82) is 0 Å². The van der Waals surface area contributed by atoms with Gasteiger partial charge in [-0.15, -0.1) is 11.8 Å². The highest BCUT2D eigenvalue weighted by atomic mass is 32.2. The van der Waals surface area contributed by atoms with E-state index in [9.17, 15) is 24.5 Å². The van der Waals surface area contributed by atoms with Crippen LogP contribution in [-0.2, 0) is 14.4 Å². The van der Waals surface area contributed by atoms with E-state index in [1.54, 1.807) is 36.4 Å². The molecule has 38 heavy (non-hydrogen) atoms. The van der Waals surface area contributed by atoms with E-state index in [2.05, 4.69) is 10.6 Å². The lowest BCUT2D eigenvalue weighted by atomic mass is 10.0. The fraction of sp³-hybridized carbons (Fsp3) is 0.111. The Labute approximate surface area is 228 Å². The second-order valence-corrected chi connectivity index (χ2v) is 9.84. The van der Waals surface area contributed by atoms with E-state index >= 15 is 0 Å². The van der Waals surface area contributed by atoms with Gasteiger partial charge in [0, 0.05) is 11.8 Å². The smallest absolute Gasteiger partial charge is 0.283 e. The van der Waals surface area contributed by atoms with Gasteiger partial charge in [-0.1, -0.05) is 42.0 Å². The number of carbonyl (C=O) groups is 3. The van der Waals surface area contributed by atoms with Crippen LogP contribution in [0, 0.1) is 24.0 Å². The molecule has 0 saturated carbocycles. The Morgan fingerprint density at radius 1 is 1.11 bits per heavy atom. The zero-order chi connectivity index (χ0) is 27.4. The molecule has 4 rings (SSSR count). The van der Waals surface area contributed by atoms with Crippen molar-refractivity contribution in [2.75, 3.05) is 16.0 Å². The van der Waals surface area contributed by atoms with Crippen molar-refractivity contribution in [1.82, 2.24) is 5.32 Å². The van der Waals surface area contributed by atoms with E-state index in [0.717, 1.165) is 22.9 Å². The Hall–Kier alpha value is -4.35. The molecule has 2 N–H and O–H groups in total. The van der Waals surface area contributed by atoms with Crippen LogP contribution in [-0.4, -0.2) is 33.5 Å². The van der Waals surface area contributed by atoms with E-state index in [1.807, 2.05) is 32.0 Å². The van der Waals surface area contributed by atoms with Crippen LogP contribution < -0.4 is 15.5 Å². The number of thioether (sulfide) groups is 1. The number of carbonyl (C=O) groups excluding carboxylic acids is 3. The summed E-state index contributed by atoms with van der Waals surface area (Å²) in [5.74, 6) is -1.68. The number of hydrogen-bond acceptors (Lipinski definition) is 7. The lowest BCUT2D eigenvalue weighted by Crippen LogP contribution is -2.54. The SMILES string of the molecule is Cc1ccc(N2C(=O)/C(=C/c3ccc(SCC(=O)Nc4ccccc4)c([N+](=O)[O-])c3)C(=O)NC2=S)c(C)c1. The molecule has 0 bridgehead atoms. The summed E-state index contributed by atoms with van der Waals surface area (Å²) < 4.78 is 0. The summed E-state index contributed by atoms with van der Waals surface area (Å²) in [7, 11) is 0. The number of benzene rings is 3. The molecule has 3 aromatic carbocycles. The van der Waals surface area contributed by atoms with E-state index < -0.39 is 16.7 Å². The molecule has 9 nitrogen and oxygen atoms in total. The molecular weight excluding hydrogens is 524 g/mol. The van der Waals surface area contributed by atoms with E-state index in [4.69, 9.17) is 12.2 Å². The molecule has 3 amide bonds. The molecule has 1 saturated heterocycles. The number of hydrogen-bond donors (Lipinski definition) is 2. The largest absolute Gasteiger partial charge is 0.325 e. The molecule has 1 aliphatic rings. The van der Waals surface area contributed by atoms with Crippen LogP contribution >= 0.6 is 24.0 Å². The Bertz CT molecular complexity index is 1500. The minimum absolute atomic E-state index is 0.0423. The monoisotopic (exact) mass is 546 g/mol. The third-order valence-electron chi connectivity index (χ3n) is 5.60. The molecular formula is C27H22N4O5S2. The van der Waals surface area contributed by atoms with E-state index in [1.165, 1.54) is 23.1 Å².